The van der Waals surface area contributed by atoms with E-state index in [-0.39, 0.29) is 11.4 Å². The summed E-state index contributed by atoms with van der Waals surface area (Å²) in [5.41, 5.74) is 0.469. The molecule has 38 heavy (non-hydrogen) atoms. The Morgan fingerprint density at radius 3 is 2.16 bits per heavy atom. The molecule has 2 heterocycles. The lowest BCUT2D eigenvalue weighted by Crippen LogP contribution is -2.48. The fourth-order valence-corrected chi connectivity index (χ4v) is 4.99. The molecule has 206 valence electrons. The number of methoxy groups -OCH3 is 1. The number of hydrogen-bond donors (Lipinski definition) is 0. The minimum atomic E-state index is -0.798. The number of fused-ring (bicyclic) bond motifs is 3. The van der Waals surface area contributed by atoms with Crippen molar-refractivity contribution in [3.63, 3.8) is 0 Å². The van der Waals surface area contributed by atoms with E-state index in [9.17, 15) is 14.4 Å². The molecule has 0 aliphatic rings. The predicted molar refractivity (Wildman–Crippen MR) is 150 cm³/mol. The van der Waals surface area contributed by atoms with Crippen LogP contribution in [0.25, 0.3) is 21.0 Å². The summed E-state index contributed by atoms with van der Waals surface area (Å²) >= 11 is 1.23. The van der Waals surface area contributed by atoms with Gasteiger partial charge in [-0.25, -0.2) is 14.4 Å². The van der Waals surface area contributed by atoms with E-state index in [2.05, 4.69) is 4.98 Å². The molecule has 0 aliphatic heterocycles. The minimum absolute atomic E-state index is 0.0379. The number of rotatable bonds is 5. The number of thiophene rings is 1. The van der Waals surface area contributed by atoms with Gasteiger partial charge in [-0.15, -0.1) is 11.3 Å². The van der Waals surface area contributed by atoms with E-state index in [0.717, 1.165) is 21.3 Å². The van der Waals surface area contributed by atoms with E-state index in [0.29, 0.717) is 11.1 Å². The van der Waals surface area contributed by atoms with Crippen LogP contribution < -0.4 is 4.90 Å². The van der Waals surface area contributed by atoms with Crippen molar-refractivity contribution in [3.8, 4) is 0 Å². The number of carbonyl (C=O) groups excluding carboxylic acids is 3. The van der Waals surface area contributed by atoms with E-state index >= 15 is 0 Å². The maximum absolute atomic E-state index is 13.7. The molecule has 10 heteroatoms. The lowest BCUT2D eigenvalue weighted by atomic mass is 10.1. The lowest BCUT2D eigenvalue weighted by Gasteiger charge is -2.33. The van der Waals surface area contributed by atoms with Crippen LogP contribution in [0.4, 0.5) is 15.3 Å². The Balaban J connectivity index is 2.23. The fourth-order valence-electron chi connectivity index (χ4n) is 3.85. The molecule has 9 nitrogen and oxygen atoms in total. The number of benzene rings is 1. The van der Waals surface area contributed by atoms with Gasteiger partial charge in [0.1, 0.15) is 16.1 Å². The normalized spacial score (nSPS) is 12.8. The van der Waals surface area contributed by atoms with Crippen molar-refractivity contribution in [2.75, 3.05) is 25.6 Å². The molecule has 0 radical (unpaired) electrons. The first-order valence-electron chi connectivity index (χ1n) is 12.4. The second kappa shape index (κ2) is 10.8. The zero-order valence-electron chi connectivity index (χ0n) is 23.8. The highest BCUT2D eigenvalue weighted by Crippen LogP contribution is 2.43. The number of anilines is 1. The highest BCUT2D eigenvalue weighted by molar-refractivity contribution is 7.21. The van der Waals surface area contributed by atoms with Crippen LogP contribution in [0.1, 0.15) is 63.8 Å². The second-order valence-corrected chi connectivity index (χ2v) is 12.3. The molecule has 1 atom stereocenters. The number of pyridine rings is 1. The number of nitrogens with zero attached hydrogens (tertiary/aromatic N) is 3. The third kappa shape index (κ3) is 6.53. The molecule has 1 aromatic carbocycles. The van der Waals surface area contributed by atoms with Crippen LogP contribution in [0.3, 0.4) is 0 Å². The van der Waals surface area contributed by atoms with Gasteiger partial charge >= 0.3 is 18.2 Å². The van der Waals surface area contributed by atoms with Crippen molar-refractivity contribution in [3.05, 3.63) is 34.8 Å². The summed E-state index contributed by atoms with van der Waals surface area (Å²) in [5, 5.41) is 1.48. The number of carbonyl (C=O) groups is 3. The first kappa shape index (κ1) is 29.2. The average Bonchev–Trinajstić information content (AvgIpc) is 3.18. The van der Waals surface area contributed by atoms with E-state index in [1.54, 1.807) is 55.5 Å². The molecule has 2 aromatic heterocycles. The summed E-state index contributed by atoms with van der Waals surface area (Å²) in [6.07, 6.45) is -1.17. The molecule has 0 bridgehead atoms. The first-order valence-corrected chi connectivity index (χ1v) is 13.2. The molecule has 0 saturated heterocycles. The third-order valence-corrected chi connectivity index (χ3v) is 6.80. The van der Waals surface area contributed by atoms with Crippen LogP contribution >= 0.6 is 11.3 Å². The van der Waals surface area contributed by atoms with E-state index in [1.807, 2.05) is 31.2 Å². The zero-order valence-corrected chi connectivity index (χ0v) is 24.6. The Morgan fingerprint density at radius 2 is 1.58 bits per heavy atom. The number of likely N-dealkylation sites (N-methyl/N-ethyl adjacent to an activating group) is 1. The molecule has 0 aliphatic carbocycles. The first-order chi connectivity index (χ1) is 17.5. The number of esters is 1. The van der Waals surface area contributed by atoms with Gasteiger partial charge in [0.05, 0.1) is 24.4 Å². The number of hydrogen-bond acceptors (Lipinski definition) is 8. The summed E-state index contributed by atoms with van der Waals surface area (Å²) in [4.78, 5) is 47.3. The summed E-state index contributed by atoms with van der Waals surface area (Å²) in [7, 11) is 2.91. The number of ether oxygens (including phenoxy) is 3. The monoisotopic (exact) mass is 543 g/mol. The zero-order chi connectivity index (χ0) is 28.6. The average molecular weight is 544 g/mol. The molecule has 3 aromatic rings. The van der Waals surface area contributed by atoms with Crippen molar-refractivity contribution in [1.29, 1.82) is 0 Å². The maximum Gasteiger partial charge on any atom is 0.414 e. The highest BCUT2D eigenvalue weighted by atomic mass is 32.1. The SMILES string of the molecule is COC(=O)c1sc2ccc3nc(C)ccc3c2c1N(C[C@H](C)N(C)C(=O)OC(C)(C)C)C(=O)OC(C)(C)C. The van der Waals surface area contributed by atoms with Crippen LogP contribution in [0.15, 0.2) is 24.3 Å². The van der Waals surface area contributed by atoms with Crippen molar-refractivity contribution >= 4 is 56.2 Å². The van der Waals surface area contributed by atoms with E-state index in [1.165, 1.54) is 28.2 Å². The summed E-state index contributed by atoms with van der Waals surface area (Å²) in [5.74, 6) is -0.573. The van der Waals surface area contributed by atoms with Gasteiger partial charge in [-0.3, -0.25) is 9.88 Å². The Morgan fingerprint density at radius 1 is 0.974 bits per heavy atom. The topological polar surface area (TPSA) is 98.3 Å². The maximum atomic E-state index is 13.7. The molecule has 0 unspecified atom stereocenters. The molecule has 0 fully saturated rings. The molecule has 0 N–H and O–H groups in total. The molecular formula is C28H37N3O6S. The van der Waals surface area contributed by atoms with Crippen LogP contribution in [0.2, 0.25) is 0 Å². The molecule has 0 spiro atoms. The predicted octanol–water partition coefficient (Wildman–Crippen LogP) is 6.54. The van der Waals surface area contributed by atoms with Crippen molar-refractivity contribution in [2.24, 2.45) is 0 Å². The number of amides is 2. The Kier molecular flexibility index (Phi) is 8.26. The smallest absolute Gasteiger partial charge is 0.414 e. The van der Waals surface area contributed by atoms with Gasteiger partial charge in [-0.2, -0.15) is 0 Å². The highest BCUT2D eigenvalue weighted by Gasteiger charge is 2.34. The second-order valence-electron chi connectivity index (χ2n) is 11.3. The standard InChI is InChI=1S/C28H37N3O6S/c1-16-11-12-18-19(29-16)13-14-20-21(18)22(23(38-20)24(32)35-10)31(26(34)37-28(6,7)8)15-17(2)30(9)25(33)36-27(3,4)5/h11-14,17H,15H2,1-10H3/t17-/m0/s1. The van der Waals surface area contributed by atoms with E-state index in [4.69, 9.17) is 14.2 Å². The Hall–Kier alpha value is -3.40. The lowest BCUT2D eigenvalue weighted by molar-refractivity contribution is 0.0231. The van der Waals surface area contributed by atoms with Crippen LogP contribution in [-0.2, 0) is 14.2 Å². The Bertz CT molecular complexity index is 1370. The summed E-state index contributed by atoms with van der Waals surface area (Å²) < 4.78 is 17.2. The van der Waals surface area contributed by atoms with Gasteiger partial charge < -0.3 is 19.1 Å². The summed E-state index contributed by atoms with van der Waals surface area (Å²) in [6, 6.07) is 7.10. The summed E-state index contributed by atoms with van der Waals surface area (Å²) in [6.45, 7) is 14.4. The van der Waals surface area contributed by atoms with Gasteiger partial charge in [0.15, 0.2) is 0 Å². The van der Waals surface area contributed by atoms with Crippen LogP contribution in [0.5, 0.6) is 0 Å². The van der Waals surface area contributed by atoms with Crippen molar-refractivity contribution in [1.82, 2.24) is 9.88 Å². The molecular weight excluding hydrogens is 506 g/mol. The van der Waals surface area contributed by atoms with Crippen LogP contribution in [-0.4, -0.2) is 66.0 Å². The van der Waals surface area contributed by atoms with Gasteiger partial charge in [-0.1, -0.05) is 6.07 Å². The van der Waals surface area contributed by atoms with Gasteiger partial charge in [0, 0.05) is 34.8 Å². The van der Waals surface area contributed by atoms with Gasteiger partial charge in [-0.05, 0) is 73.6 Å². The Labute approximate surface area is 227 Å². The minimum Gasteiger partial charge on any atom is -0.465 e. The van der Waals surface area contributed by atoms with Gasteiger partial charge in [0.2, 0.25) is 0 Å². The number of aryl methyl sites for hydroxylation is 1. The van der Waals surface area contributed by atoms with Crippen LogP contribution in [0, 0.1) is 6.92 Å². The third-order valence-electron chi connectivity index (χ3n) is 5.68. The fraction of sp³-hybridized carbons (Fsp3) is 0.500. The van der Waals surface area contributed by atoms with Gasteiger partial charge in [0.25, 0.3) is 0 Å². The molecule has 3 rings (SSSR count). The van der Waals surface area contributed by atoms with Crippen molar-refractivity contribution in [2.45, 2.75) is 72.6 Å². The van der Waals surface area contributed by atoms with E-state index < -0.39 is 35.4 Å². The number of aromatic nitrogens is 1. The largest absolute Gasteiger partial charge is 0.465 e. The quantitative estimate of drug-likeness (QED) is 0.266. The molecule has 2 amide bonds. The van der Waals surface area contributed by atoms with Crippen molar-refractivity contribution < 1.29 is 28.6 Å². The molecule has 0 saturated carbocycles.